The van der Waals surface area contributed by atoms with Crippen LogP contribution in [0, 0.1) is 0 Å². The van der Waals surface area contributed by atoms with Gasteiger partial charge in [-0.25, -0.2) is 0 Å². The zero-order chi connectivity index (χ0) is 15.2. The first-order valence-corrected chi connectivity index (χ1v) is 6.85. The number of hydrogen-bond donors (Lipinski definition) is 1. The second-order valence-corrected chi connectivity index (χ2v) is 4.97. The molecule has 0 atom stereocenters. The van der Waals surface area contributed by atoms with E-state index in [9.17, 15) is 13.6 Å². The van der Waals surface area contributed by atoms with Crippen LogP contribution in [0.5, 0.6) is 5.75 Å². The highest BCUT2D eigenvalue weighted by molar-refractivity contribution is 9.10. The Kier molecular flexibility index (Phi) is 5.26. The van der Waals surface area contributed by atoms with Gasteiger partial charge in [0.2, 0.25) is 0 Å². The molecule has 0 saturated carbocycles. The third-order valence-corrected chi connectivity index (χ3v) is 2.99. The Morgan fingerprint density at radius 2 is 2.19 bits per heavy atom. The molecule has 0 fully saturated rings. The lowest BCUT2D eigenvalue weighted by molar-refractivity contribution is -0.0501. The summed E-state index contributed by atoms with van der Waals surface area (Å²) in [5.41, 5.74) is 0.0689. The zero-order valence-electron chi connectivity index (χ0n) is 10.8. The highest BCUT2D eigenvalue weighted by Crippen LogP contribution is 2.19. The van der Waals surface area contributed by atoms with Crippen molar-refractivity contribution in [2.75, 3.05) is 6.54 Å². The summed E-state index contributed by atoms with van der Waals surface area (Å²) < 4.78 is 31.3. The number of carbonyl (C=O) groups is 1. The van der Waals surface area contributed by atoms with Crippen molar-refractivity contribution in [2.45, 2.75) is 13.2 Å². The molecule has 0 saturated heterocycles. The Morgan fingerprint density at radius 1 is 1.43 bits per heavy atom. The molecule has 2 aromatic rings. The highest BCUT2D eigenvalue weighted by Gasteiger charge is 2.14. The lowest BCUT2D eigenvalue weighted by Gasteiger charge is -2.10. The quantitative estimate of drug-likeness (QED) is 0.862. The van der Waals surface area contributed by atoms with E-state index in [2.05, 4.69) is 31.1 Å². The van der Waals surface area contributed by atoms with Crippen molar-refractivity contribution >= 4 is 21.8 Å². The average Bonchev–Trinajstić information content (AvgIpc) is 2.84. The first-order valence-electron chi connectivity index (χ1n) is 6.06. The zero-order valence-corrected chi connectivity index (χ0v) is 12.4. The van der Waals surface area contributed by atoms with Crippen LogP contribution < -0.4 is 10.1 Å². The maximum Gasteiger partial charge on any atom is 0.387 e. The molecule has 0 bridgehead atoms. The van der Waals surface area contributed by atoms with Crippen LogP contribution in [0.15, 0.2) is 41.1 Å². The standard InChI is InChI=1S/C13H12BrF2N3O2/c14-9-7-18-19(8-9)6-5-17-12(20)10-3-1-2-4-11(10)21-13(15)16/h1-4,7-8,13H,5-6H2,(H,17,20). The Bertz CT molecular complexity index is 619. The molecule has 21 heavy (non-hydrogen) atoms. The van der Waals surface area contributed by atoms with Crippen LogP contribution in [0.1, 0.15) is 10.4 Å². The number of hydrogen-bond acceptors (Lipinski definition) is 3. The monoisotopic (exact) mass is 359 g/mol. The summed E-state index contributed by atoms with van der Waals surface area (Å²) in [6.45, 7) is -2.19. The van der Waals surface area contributed by atoms with Crippen molar-refractivity contribution in [3.05, 3.63) is 46.7 Å². The molecule has 1 N–H and O–H groups in total. The number of alkyl halides is 2. The molecule has 1 amide bonds. The fourth-order valence-corrected chi connectivity index (χ4v) is 2.02. The number of ether oxygens (including phenoxy) is 1. The van der Waals surface area contributed by atoms with Gasteiger partial charge in [-0.3, -0.25) is 9.48 Å². The van der Waals surface area contributed by atoms with E-state index in [1.807, 2.05) is 0 Å². The minimum absolute atomic E-state index is 0.0689. The fourth-order valence-electron chi connectivity index (χ4n) is 1.69. The van der Waals surface area contributed by atoms with E-state index >= 15 is 0 Å². The minimum Gasteiger partial charge on any atom is -0.434 e. The van der Waals surface area contributed by atoms with Crippen LogP contribution in [0.2, 0.25) is 0 Å². The first kappa shape index (κ1) is 15.4. The molecule has 0 aliphatic carbocycles. The van der Waals surface area contributed by atoms with E-state index in [4.69, 9.17) is 0 Å². The lowest BCUT2D eigenvalue weighted by atomic mass is 10.2. The molecule has 0 radical (unpaired) electrons. The van der Waals surface area contributed by atoms with Crippen LogP contribution in [0.25, 0.3) is 0 Å². The predicted octanol–water partition coefficient (Wildman–Crippen LogP) is 2.68. The predicted molar refractivity (Wildman–Crippen MR) is 75.3 cm³/mol. The second-order valence-electron chi connectivity index (χ2n) is 4.05. The number of amides is 1. The molecule has 2 rings (SSSR count). The number of benzene rings is 1. The van der Waals surface area contributed by atoms with Gasteiger partial charge >= 0.3 is 6.61 Å². The lowest BCUT2D eigenvalue weighted by Crippen LogP contribution is -2.28. The van der Waals surface area contributed by atoms with Gasteiger partial charge in [0.15, 0.2) is 0 Å². The van der Waals surface area contributed by atoms with E-state index in [-0.39, 0.29) is 11.3 Å². The van der Waals surface area contributed by atoms with Gasteiger partial charge < -0.3 is 10.1 Å². The van der Waals surface area contributed by atoms with Gasteiger partial charge in [-0.05, 0) is 28.1 Å². The van der Waals surface area contributed by atoms with Crippen molar-refractivity contribution in [1.29, 1.82) is 0 Å². The van der Waals surface area contributed by atoms with Crippen LogP contribution in [0.3, 0.4) is 0 Å². The van der Waals surface area contributed by atoms with Gasteiger partial charge in [-0.2, -0.15) is 13.9 Å². The summed E-state index contributed by atoms with van der Waals surface area (Å²) in [5, 5.41) is 6.67. The Balaban J connectivity index is 1.94. The van der Waals surface area contributed by atoms with Gasteiger partial charge in [0.1, 0.15) is 5.75 Å². The van der Waals surface area contributed by atoms with Crippen molar-refractivity contribution in [3.8, 4) is 5.75 Å². The van der Waals surface area contributed by atoms with Crippen molar-refractivity contribution in [1.82, 2.24) is 15.1 Å². The molecule has 1 aromatic carbocycles. The van der Waals surface area contributed by atoms with Gasteiger partial charge in [0, 0.05) is 12.7 Å². The summed E-state index contributed by atoms with van der Waals surface area (Å²) >= 11 is 3.26. The number of nitrogens with zero attached hydrogens (tertiary/aromatic N) is 2. The smallest absolute Gasteiger partial charge is 0.387 e. The number of carbonyl (C=O) groups excluding carboxylic acids is 1. The molecular weight excluding hydrogens is 348 g/mol. The van der Waals surface area contributed by atoms with Crippen LogP contribution >= 0.6 is 15.9 Å². The maximum absolute atomic E-state index is 12.3. The van der Waals surface area contributed by atoms with Crippen molar-refractivity contribution in [2.24, 2.45) is 0 Å². The summed E-state index contributed by atoms with van der Waals surface area (Å²) in [4.78, 5) is 12.0. The Hall–Kier alpha value is -1.96. The molecule has 0 unspecified atom stereocenters. The van der Waals surface area contributed by atoms with Crippen LogP contribution in [-0.2, 0) is 6.54 Å². The maximum atomic E-state index is 12.3. The van der Waals surface area contributed by atoms with Gasteiger partial charge in [-0.1, -0.05) is 12.1 Å². The minimum atomic E-state index is -2.97. The van der Waals surface area contributed by atoms with E-state index in [0.717, 1.165) is 4.47 Å². The van der Waals surface area contributed by atoms with Crippen LogP contribution in [-0.4, -0.2) is 28.8 Å². The topological polar surface area (TPSA) is 56.2 Å². The Morgan fingerprint density at radius 3 is 2.86 bits per heavy atom. The molecule has 0 aliphatic heterocycles. The first-order chi connectivity index (χ1) is 10.1. The van der Waals surface area contributed by atoms with Gasteiger partial charge in [0.05, 0.1) is 22.8 Å². The summed E-state index contributed by atoms with van der Waals surface area (Å²) in [6, 6.07) is 5.86. The molecule has 5 nitrogen and oxygen atoms in total. The molecule has 1 aromatic heterocycles. The molecular formula is C13H12BrF2N3O2. The van der Waals surface area contributed by atoms with Crippen molar-refractivity contribution < 1.29 is 18.3 Å². The number of aromatic nitrogens is 2. The van der Waals surface area contributed by atoms with E-state index in [1.165, 1.54) is 18.2 Å². The summed E-state index contributed by atoms with van der Waals surface area (Å²) in [5.74, 6) is -0.621. The van der Waals surface area contributed by atoms with E-state index < -0.39 is 12.5 Å². The highest BCUT2D eigenvalue weighted by atomic mass is 79.9. The van der Waals surface area contributed by atoms with Gasteiger partial charge in [0.25, 0.3) is 5.91 Å². The number of rotatable bonds is 6. The largest absolute Gasteiger partial charge is 0.434 e. The Labute approximate surface area is 128 Å². The number of para-hydroxylation sites is 1. The fraction of sp³-hybridized carbons (Fsp3) is 0.231. The van der Waals surface area contributed by atoms with E-state index in [1.54, 1.807) is 23.1 Å². The number of nitrogens with one attached hydrogen (secondary N) is 1. The third kappa shape index (κ3) is 4.52. The summed E-state index contributed by atoms with van der Waals surface area (Å²) in [6.07, 6.45) is 3.40. The molecule has 112 valence electrons. The van der Waals surface area contributed by atoms with E-state index in [0.29, 0.717) is 13.1 Å². The SMILES string of the molecule is O=C(NCCn1cc(Br)cn1)c1ccccc1OC(F)F. The van der Waals surface area contributed by atoms with Gasteiger partial charge in [-0.15, -0.1) is 0 Å². The molecule has 0 spiro atoms. The number of halogens is 3. The van der Waals surface area contributed by atoms with Crippen molar-refractivity contribution in [3.63, 3.8) is 0 Å². The van der Waals surface area contributed by atoms with Crippen LogP contribution in [0.4, 0.5) is 8.78 Å². The molecule has 0 aliphatic rings. The molecule has 1 heterocycles. The second kappa shape index (κ2) is 7.16. The summed E-state index contributed by atoms with van der Waals surface area (Å²) in [7, 11) is 0. The normalized spacial score (nSPS) is 10.7. The molecule has 8 heteroatoms. The third-order valence-electron chi connectivity index (χ3n) is 2.58. The average molecular weight is 360 g/mol.